The smallest absolute Gasteiger partial charge is 0.330 e. The van der Waals surface area contributed by atoms with E-state index in [0.717, 1.165) is 12.1 Å². The lowest BCUT2D eigenvalue weighted by atomic mass is 9.94. The molecule has 5 nitrogen and oxygen atoms in total. The Morgan fingerprint density at radius 2 is 1.85 bits per heavy atom. The molecule has 1 amide bonds. The van der Waals surface area contributed by atoms with Crippen LogP contribution in [0.4, 0.5) is 18.9 Å². The van der Waals surface area contributed by atoms with Gasteiger partial charge >= 0.3 is 6.18 Å². The summed E-state index contributed by atoms with van der Waals surface area (Å²) in [5.41, 5.74) is 7.37. The highest BCUT2D eigenvalue weighted by Gasteiger charge is 2.30. The minimum atomic E-state index is -4.47. The number of benzene rings is 3. The van der Waals surface area contributed by atoms with Gasteiger partial charge in [-0.2, -0.15) is 18.3 Å². The molecule has 0 aliphatic heterocycles. The summed E-state index contributed by atoms with van der Waals surface area (Å²) in [5.74, 6) is -0.866. The van der Waals surface area contributed by atoms with Gasteiger partial charge in [0, 0.05) is 16.6 Å². The van der Waals surface area contributed by atoms with Crippen molar-refractivity contribution in [1.29, 1.82) is 0 Å². The molecule has 1 unspecified atom stereocenters. The zero-order valence-electron chi connectivity index (χ0n) is 17.6. The number of anilines is 1. The van der Waals surface area contributed by atoms with Crippen molar-refractivity contribution >= 4 is 45.7 Å². The molecule has 1 heterocycles. The molecular formula is C24H19Cl2F3N4O. The van der Waals surface area contributed by atoms with Gasteiger partial charge in [0.15, 0.2) is 0 Å². The lowest BCUT2D eigenvalue weighted by molar-refractivity contribution is -0.137. The molecule has 4 N–H and O–H groups in total. The molecule has 0 aliphatic carbocycles. The molecule has 3 aromatic carbocycles. The fraction of sp³-hybridized carbons (Fsp3) is 0.167. The highest BCUT2D eigenvalue weighted by atomic mass is 35.5. The summed E-state index contributed by atoms with van der Waals surface area (Å²) in [6.07, 6.45) is -4.09. The second-order valence-electron chi connectivity index (χ2n) is 7.70. The Balaban J connectivity index is 1.65. The van der Waals surface area contributed by atoms with Gasteiger partial charge in [0.25, 0.3) is 0 Å². The summed E-state index contributed by atoms with van der Waals surface area (Å²) >= 11 is 12.1. The number of aromatic nitrogens is 2. The Morgan fingerprint density at radius 1 is 1.06 bits per heavy atom. The third kappa shape index (κ3) is 5.04. The predicted octanol–water partition coefficient (Wildman–Crippen LogP) is 6.63. The number of nitrogens with one attached hydrogen (secondary N) is 2. The van der Waals surface area contributed by atoms with Crippen LogP contribution in [-0.4, -0.2) is 22.6 Å². The highest BCUT2D eigenvalue weighted by Crippen LogP contribution is 2.35. The van der Waals surface area contributed by atoms with E-state index < -0.39 is 17.7 Å². The first kappa shape index (κ1) is 24.1. The number of nitrogens with two attached hydrogens (primary N) is 1. The van der Waals surface area contributed by atoms with Crippen molar-refractivity contribution in [3.8, 4) is 11.3 Å². The van der Waals surface area contributed by atoms with Crippen LogP contribution in [0.25, 0.3) is 22.2 Å². The van der Waals surface area contributed by atoms with E-state index in [-0.39, 0.29) is 12.5 Å². The van der Waals surface area contributed by atoms with Crippen LogP contribution in [0.5, 0.6) is 0 Å². The number of carbonyl (C=O) groups excluding carboxylic acids is 1. The van der Waals surface area contributed by atoms with Gasteiger partial charge < -0.3 is 11.1 Å². The lowest BCUT2D eigenvalue weighted by Gasteiger charge is -2.17. The lowest BCUT2D eigenvalue weighted by Crippen LogP contribution is -2.23. The minimum Gasteiger partial charge on any atom is -0.330 e. The van der Waals surface area contributed by atoms with Gasteiger partial charge in [-0.15, -0.1) is 0 Å². The number of nitrogens with zero attached hydrogens (tertiary/aromatic N) is 1. The summed E-state index contributed by atoms with van der Waals surface area (Å²) in [4.78, 5) is 13.1. The number of amides is 1. The topological polar surface area (TPSA) is 83.8 Å². The van der Waals surface area contributed by atoms with Crippen molar-refractivity contribution in [2.24, 2.45) is 5.73 Å². The second kappa shape index (κ2) is 9.66. The zero-order valence-corrected chi connectivity index (χ0v) is 19.1. The van der Waals surface area contributed by atoms with Gasteiger partial charge in [0.1, 0.15) is 0 Å². The van der Waals surface area contributed by atoms with Gasteiger partial charge in [-0.3, -0.25) is 9.89 Å². The molecule has 0 saturated heterocycles. The number of hydrogen-bond acceptors (Lipinski definition) is 3. The molecule has 4 rings (SSSR count). The van der Waals surface area contributed by atoms with Gasteiger partial charge in [-0.05, 0) is 61.0 Å². The van der Waals surface area contributed by atoms with Crippen molar-refractivity contribution in [3.63, 3.8) is 0 Å². The molecule has 176 valence electrons. The molecule has 1 aromatic heterocycles. The summed E-state index contributed by atoms with van der Waals surface area (Å²) in [6, 6.07) is 15.0. The Bertz CT molecular complexity index is 1350. The van der Waals surface area contributed by atoms with Crippen molar-refractivity contribution < 1.29 is 18.0 Å². The van der Waals surface area contributed by atoms with E-state index in [4.69, 9.17) is 28.9 Å². The highest BCUT2D eigenvalue weighted by molar-refractivity contribution is 6.42. The molecule has 0 bridgehead atoms. The Hall–Kier alpha value is -3.07. The van der Waals surface area contributed by atoms with E-state index in [9.17, 15) is 18.0 Å². The Labute approximate surface area is 203 Å². The maximum atomic E-state index is 13.2. The molecule has 34 heavy (non-hydrogen) atoms. The first-order chi connectivity index (χ1) is 16.2. The number of rotatable bonds is 6. The van der Waals surface area contributed by atoms with E-state index in [2.05, 4.69) is 15.5 Å². The molecule has 0 aliphatic rings. The maximum absolute atomic E-state index is 13.2. The first-order valence-electron chi connectivity index (χ1n) is 10.3. The SMILES string of the molecule is NCCC(C(=O)Nc1ccc2[nH]nc(-c3cccc(C(F)(F)F)c3)c2c1)c1ccc(Cl)c(Cl)c1. The van der Waals surface area contributed by atoms with Gasteiger partial charge in [0.2, 0.25) is 5.91 Å². The fourth-order valence-electron chi connectivity index (χ4n) is 3.73. The van der Waals surface area contributed by atoms with E-state index in [1.165, 1.54) is 6.07 Å². The first-order valence-corrected chi connectivity index (χ1v) is 11.0. The van der Waals surface area contributed by atoms with Crippen LogP contribution in [0.3, 0.4) is 0 Å². The molecule has 1 atom stereocenters. The van der Waals surface area contributed by atoms with Gasteiger partial charge in [-0.25, -0.2) is 0 Å². The van der Waals surface area contributed by atoms with E-state index >= 15 is 0 Å². The Kier molecular flexibility index (Phi) is 6.84. The number of halogens is 5. The van der Waals surface area contributed by atoms with Crippen molar-refractivity contribution in [1.82, 2.24) is 10.2 Å². The fourth-order valence-corrected chi connectivity index (χ4v) is 4.04. The van der Waals surface area contributed by atoms with Crippen molar-refractivity contribution in [3.05, 3.63) is 81.8 Å². The largest absolute Gasteiger partial charge is 0.416 e. The van der Waals surface area contributed by atoms with Crippen LogP contribution in [-0.2, 0) is 11.0 Å². The van der Waals surface area contributed by atoms with Crippen LogP contribution >= 0.6 is 23.2 Å². The van der Waals surface area contributed by atoms with Crippen LogP contribution < -0.4 is 11.1 Å². The Morgan fingerprint density at radius 3 is 2.56 bits per heavy atom. The predicted molar refractivity (Wildman–Crippen MR) is 128 cm³/mol. The van der Waals surface area contributed by atoms with Crippen LogP contribution in [0, 0.1) is 0 Å². The number of alkyl halides is 3. The molecule has 0 fully saturated rings. The summed E-state index contributed by atoms with van der Waals surface area (Å²) in [7, 11) is 0. The summed E-state index contributed by atoms with van der Waals surface area (Å²) < 4.78 is 39.5. The number of hydrogen-bond donors (Lipinski definition) is 3. The van der Waals surface area contributed by atoms with Crippen LogP contribution in [0.1, 0.15) is 23.5 Å². The molecule has 4 aromatic rings. The van der Waals surface area contributed by atoms with Crippen molar-refractivity contribution in [2.45, 2.75) is 18.5 Å². The summed E-state index contributed by atoms with van der Waals surface area (Å²) in [5, 5.41) is 11.2. The molecule has 0 saturated carbocycles. The second-order valence-corrected chi connectivity index (χ2v) is 8.52. The third-order valence-electron chi connectivity index (χ3n) is 5.41. The third-order valence-corrected chi connectivity index (χ3v) is 6.15. The minimum absolute atomic E-state index is 0.277. The monoisotopic (exact) mass is 506 g/mol. The standard InChI is InChI=1S/C24H19Cl2F3N4O/c25-19-6-4-13(11-20(19)26)17(8-9-30)23(34)31-16-5-7-21-18(12-16)22(33-32-21)14-2-1-3-15(10-14)24(27,28)29/h1-7,10-12,17H,8-9,30H2,(H,31,34)(H,32,33). The molecule has 0 spiro atoms. The number of carbonyl (C=O) groups is 1. The van der Waals surface area contributed by atoms with E-state index in [1.807, 2.05) is 0 Å². The quantitative estimate of drug-likeness (QED) is 0.274. The zero-order chi connectivity index (χ0) is 24.5. The number of H-pyrrole nitrogens is 1. The van der Waals surface area contributed by atoms with Crippen LogP contribution in [0.15, 0.2) is 60.7 Å². The maximum Gasteiger partial charge on any atom is 0.416 e. The van der Waals surface area contributed by atoms with Crippen LogP contribution in [0.2, 0.25) is 10.0 Å². The average Bonchev–Trinajstić information content (AvgIpc) is 3.22. The van der Waals surface area contributed by atoms with E-state index in [1.54, 1.807) is 42.5 Å². The van der Waals surface area contributed by atoms with Gasteiger partial charge in [-0.1, -0.05) is 41.4 Å². The molecule has 10 heteroatoms. The number of fused-ring (bicyclic) bond motifs is 1. The van der Waals surface area contributed by atoms with Gasteiger partial charge in [0.05, 0.1) is 32.7 Å². The molecule has 0 radical (unpaired) electrons. The molecular weight excluding hydrogens is 488 g/mol. The normalized spacial score (nSPS) is 12.6. The number of aromatic amines is 1. The van der Waals surface area contributed by atoms with E-state index in [0.29, 0.717) is 49.9 Å². The van der Waals surface area contributed by atoms with Crippen molar-refractivity contribution in [2.75, 3.05) is 11.9 Å². The summed E-state index contributed by atoms with van der Waals surface area (Å²) in [6.45, 7) is 0.277. The average molecular weight is 507 g/mol.